The van der Waals surface area contributed by atoms with Crippen LogP contribution in [0.5, 0.6) is 0 Å². The summed E-state index contributed by atoms with van der Waals surface area (Å²) in [6, 6.07) is 4.69. The molecule has 8 heteroatoms. The van der Waals surface area contributed by atoms with Gasteiger partial charge in [0.25, 0.3) is 5.91 Å². The van der Waals surface area contributed by atoms with Gasteiger partial charge in [-0.1, -0.05) is 29.3 Å². The summed E-state index contributed by atoms with van der Waals surface area (Å²) < 4.78 is 15.6. The minimum absolute atomic E-state index is 0.166. The molecule has 0 spiro atoms. The van der Waals surface area contributed by atoms with E-state index < -0.39 is 0 Å². The third-order valence-electron chi connectivity index (χ3n) is 4.35. The number of nitrogens with zero attached hydrogens (tertiary/aromatic N) is 4. The Morgan fingerprint density at radius 1 is 1.20 bits per heavy atom. The van der Waals surface area contributed by atoms with Gasteiger partial charge in [-0.15, -0.1) is 0 Å². The van der Waals surface area contributed by atoms with Gasteiger partial charge in [0.2, 0.25) is 0 Å². The van der Waals surface area contributed by atoms with Crippen LogP contribution in [0.3, 0.4) is 0 Å². The zero-order valence-electron chi connectivity index (χ0n) is 13.9. The van der Waals surface area contributed by atoms with Crippen LogP contribution >= 0.6 is 23.2 Å². The van der Waals surface area contributed by atoms with Gasteiger partial charge in [-0.2, -0.15) is 5.10 Å². The highest BCUT2D eigenvalue weighted by atomic mass is 35.5. The van der Waals surface area contributed by atoms with Crippen molar-refractivity contribution in [2.45, 2.75) is 20.0 Å². The van der Waals surface area contributed by atoms with Gasteiger partial charge in [0.15, 0.2) is 5.69 Å². The Hall–Kier alpha value is -1.63. The normalized spacial score (nSPS) is 15.6. The topological polar surface area (TPSA) is 41.4 Å². The van der Waals surface area contributed by atoms with E-state index in [0.29, 0.717) is 54.9 Å². The highest BCUT2D eigenvalue weighted by Crippen LogP contribution is 2.22. The number of carbonyl (C=O) groups excluding carboxylic acids is 1. The lowest BCUT2D eigenvalue weighted by Crippen LogP contribution is -2.48. The van der Waals surface area contributed by atoms with Crippen LogP contribution in [0, 0.1) is 5.82 Å². The van der Waals surface area contributed by atoms with Gasteiger partial charge in [0.1, 0.15) is 5.82 Å². The lowest BCUT2D eigenvalue weighted by Gasteiger charge is -2.34. The Morgan fingerprint density at radius 3 is 2.52 bits per heavy atom. The Kier molecular flexibility index (Phi) is 5.61. The van der Waals surface area contributed by atoms with Crippen LogP contribution in [-0.4, -0.2) is 51.7 Å². The molecule has 3 rings (SSSR count). The lowest BCUT2D eigenvalue weighted by atomic mass is 10.1. The van der Waals surface area contributed by atoms with E-state index in [2.05, 4.69) is 10.00 Å². The van der Waals surface area contributed by atoms with Crippen molar-refractivity contribution in [2.24, 2.45) is 0 Å². The molecule has 2 heterocycles. The molecule has 1 aromatic carbocycles. The van der Waals surface area contributed by atoms with Crippen molar-refractivity contribution in [3.63, 3.8) is 0 Å². The molecule has 0 aliphatic carbocycles. The molecule has 0 bridgehead atoms. The maximum Gasteiger partial charge on any atom is 0.276 e. The first kappa shape index (κ1) is 18.2. The predicted molar refractivity (Wildman–Crippen MR) is 95.5 cm³/mol. The summed E-state index contributed by atoms with van der Waals surface area (Å²) in [7, 11) is 0. The zero-order chi connectivity index (χ0) is 18.0. The Morgan fingerprint density at radius 2 is 1.92 bits per heavy atom. The highest BCUT2D eigenvalue weighted by Gasteiger charge is 2.26. The van der Waals surface area contributed by atoms with E-state index >= 15 is 0 Å². The summed E-state index contributed by atoms with van der Waals surface area (Å²) in [5.74, 6) is -0.469. The van der Waals surface area contributed by atoms with Gasteiger partial charge in [0, 0.05) is 56.1 Å². The summed E-state index contributed by atoms with van der Waals surface area (Å²) in [6.07, 6.45) is 1.66. The smallest absolute Gasteiger partial charge is 0.276 e. The van der Waals surface area contributed by atoms with Crippen LogP contribution in [0.2, 0.25) is 10.0 Å². The van der Waals surface area contributed by atoms with E-state index in [9.17, 15) is 9.18 Å². The van der Waals surface area contributed by atoms with Crippen molar-refractivity contribution in [3.8, 4) is 0 Å². The van der Waals surface area contributed by atoms with Gasteiger partial charge in [-0.3, -0.25) is 14.4 Å². The van der Waals surface area contributed by atoms with Gasteiger partial charge in [-0.25, -0.2) is 4.39 Å². The minimum atomic E-state index is -0.303. The van der Waals surface area contributed by atoms with E-state index in [1.807, 2.05) is 6.92 Å². The minimum Gasteiger partial charge on any atom is -0.335 e. The van der Waals surface area contributed by atoms with E-state index in [4.69, 9.17) is 23.2 Å². The van der Waals surface area contributed by atoms with Crippen molar-refractivity contribution in [3.05, 3.63) is 51.5 Å². The number of hydrogen-bond donors (Lipinski definition) is 0. The zero-order valence-corrected chi connectivity index (χ0v) is 15.4. The van der Waals surface area contributed by atoms with Crippen molar-refractivity contribution >= 4 is 29.1 Å². The molecule has 2 aromatic rings. The van der Waals surface area contributed by atoms with Crippen molar-refractivity contribution in [2.75, 3.05) is 26.2 Å². The second-order valence-corrected chi connectivity index (χ2v) is 6.76. The fourth-order valence-electron chi connectivity index (χ4n) is 2.87. The number of aryl methyl sites for hydroxylation is 1. The van der Waals surface area contributed by atoms with Crippen LogP contribution in [0.15, 0.2) is 24.4 Å². The van der Waals surface area contributed by atoms with Crippen molar-refractivity contribution in [1.29, 1.82) is 0 Å². The molecular weight excluding hydrogens is 366 g/mol. The molecule has 5 nitrogen and oxygen atoms in total. The Balaban J connectivity index is 1.61. The molecule has 134 valence electrons. The number of piperazine rings is 1. The second kappa shape index (κ2) is 7.72. The number of amides is 1. The molecule has 0 saturated carbocycles. The molecule has 0 atom stereocenters. The molecule has 0 N–H and O–H groups in total. The first-order valence-electron chi connectivity index (χ1n) is 8.17. The Bertz CT molecular complexity index is 752. The van der Waals surface area contributed by atoms with Crippen molar-refractivity contribution < 1.29 is 9.18 Å². The fourth-order valence-corrected chi connectivity index (χ4v) is 3.32. The van der Waals surface area contributed by atoms with E-state index in [1.54, 1.807) is 27.9 Å². The van der Waals surface area contributed by atoms with Gasteiger partial charge in [-0.05, 0) is 19.1 Å². The average molecular weight is 385 g/mol. The standard InChI is InChI=1S/C17H19Cl2FN4O/c1-2-24-11-14(19)16(21-24)17(25)23-8-6-22(7-9-23)10-12-13(18)4-3-5-15(12)20/h3-5,11H,2,6-10H2,1H3. The number of hydrogen-bond acceptors (Lipinski definition) is 3. The number of rotatable bonds is 4. The van der Waals surface area contributed by atoms with Crippen molar-refractivity contribution in [1.82, 2.24) is 19.6 Å². The molecule has 1 aliphatic rings. The van der Waals surface area contributed by atoms with E-state index in [-0.39, 0.29) is 17.4 Å². The molecular formula is C17H19Cl2FN4O. The quantitative estimate of drug-likeness (QED) is 0.811. The van der Waals surface area contributed by atoms with Crippen LogP contribution in [0.25, 0.3) is 0 Å². The van der Waals surface area contributed by atoms with Gasteiger partial charge >= 0.3 is 0 Å². The number of aromatic nitrogens is 2. The molecule has 1 amide bonds. The molecule has 25 heavy (non-hydrogen) atoms. The molecule has 1 fully saturated rings. The molecule has 1 aromatic heterocycles. The fraction of sp³-hybridized carbons (Fsp3) is 0.412. The molecule has 1 aliphatic heterocycles. The molecule has 1 saturated heterocycles. The SMILES string of the molecule is CCn1cc(Cl)c(C(=O)N2CCN(Cc3c(F)cccc3Cl)CC2)n1. The first-order chi connectivity index (χ1) is 12.0. The third kappa shape index (κ3) is 3.97. The van der Waals surface area contributed by atoms with Gasteiger partial charge in [0.05, 0.1) is 5.02 Å². The molecule has 0 unspecified atom stereocenters. The highest BCUT2D eigenvalue weighted by molar-refractivity contribution is 6.33. The monoisotopic (exact) mass is 384 g/mol. The lowest BCUT2D eigenvalue weighted by molar-refractivity contribution is 0.0620. The number of benzene rings is 1. The predicted octanol–water partition coefficient (Wildman–Crippen LogP) is 3.31. The largest absolute Gasteiger partial charge is 0.335 e. The summed E-state index contributed by atoms with van der Waals surface area (Å²) in [6.45, 7) is 5.39. The van der Waals surface area contributed by atoms with Crippen LogP contribution in [-0.2, 0) is 13.1 Å². The number of carbonyl (C=O) groups is 1. The summed E-state index contributed by atoms with van der Waals surface area (Å²) in [5.41, 5.74) is 0.780. The Labute approximate surface area is 155 Å². The first-order valence-corrected chi connectivity index (χ1v) is 8.92. The van der Waals surface area contributed by atoms with E-state index in [1.165, 1.54) is 6.07 Å². The second-order valence-electron chi connectivity index (χ2n) is 5.95. The summed E-state index contributed by atoms with van der Waals surface area (Å²) in [4.78, 5) is 16.4. The average Bonchev–Trinajstić information content (AvgIpc) is 2.99. The van der Waals surface area contributed by atoms with Crippen LogP contribution < -0.4 is 0 Å². The van der Waals surface area contributed by atoms with Gasteiger partial charge < -0.3 is 4.90 Å². The van der Waals surface area contributed by atoms with E-state index in [0.717, 1.165) is 0 Å². The summed E-state index contributed by atoms with van der Waals surface area (Å²) >= 11 is 12.2. The third-order valence-corrected chi connectivity index (χ3v) is 4.98. The number of halogens is 3. The summed E-state index contributed by atoms with van der Waals surface area (Å²) in [5, 5.41) is 5.02. The van der Waals surface area contributed by atoms with Crippen LogP contribution in [0.4, 0.5) is 4.39 Å². The maximum absolute atomic E-state index is 13.9. The maximum atomic E-state index is 13.9. The van der Waals surface area contributed by atoms with Crippen LogP contribution in [0.1, 0.15) is 23.0 Å². The molecule has 0 radical (unpaired) electrons.